The van der Waals surface area contributed by atoms with Crippen LogP contribution in [-0.4, -0.2) is 36.6 Å². The molecule has 0 bridgehead atoms. The third-order valence-electron chi connectivity index (χ3n) is 3.36. The molecular formula is C14H13F6NO2. The highest BCUT2D eigenvalue weighted by atomic mass is 19.4. The molecule has 0 aromatic heterocycles. The lowest BCUT2D eigenvalue weighted by molar-refractivity contribution is -0.143. The van der Waals surface area contributed by atoms with E-state index in [1.165, 1.54) is 4.90 Å². The van der Waals surface area contributed by atoms with Crippen LogP contribution in [0, 0.1) is 0 Å². The predicted molar refractivity (Wildman–Crippen MR) is 67.8 cm³/mol. The third kappa shape index (κ3) is 4.15. The number of hydrogen-bond donors (Lipinski definition) is 0. The molecule has 128 valence electrons. The molecule has 1 aromatic carbocycles. The molecule has 23 heavy (non-hydrogen) atoms. The molecule has 0 saturated carbocycles. The largest absolute Gasteiger partial charge is 0.416 e. The van der Waals surface area contributed by atoms with Crippen molar-refractivity contribution in [2.45, 2.75) is 25.4 Å². The summed E-state index contributed by atoms with van der Waals surface area (Å²) < 4.78 is 81.9. The van der Waals surface area contributed by atoms with E-state index in [4.69, 9.17) is 4.74 Å². The van der Waals surface area contributed by atoms with Gasteiger partial charge in [0.15, 0.2) is 0 Å². The first kappa shape index (κ1) is 17.6. The second-order valence-electron chi connectivity index (χ2n) is 5.23. The van der Waals surface area contributed by atoms with Gasteiger partial charge < -0.3 is 9.64 Å². The van der Waals surface area contributed by atoms with E-state index < -0.39 is 35.0 Å². The topological polar surface area (TPSA) is 29.5 Å². The van der Waals surface area contributed by atoms with Crippen LogP contribution in [0.15, 0.2) is 18.2 Å². The van der Waals surface area contributed by atoms with Crippen LogP contribution in [0.4, 0.5) is 26.3 Å². The molecule has 1 aliphatic heterocycles. The normalized spacial score (nSPS) is 19.8. The van der Waals surface area contributed by atoms with Crippen molar-refractivity contribution in [3.05, 3.63) is 34.9 Å². The summed E-state index contributed by atoms with van der Waals surface area (Å²) in [7, 11) is 0. The summed E-state index contributed by atoms with van der Waals surface area (Å²) in [4.78, 5) is 13.4. The molecule has 0 unspecified atom stereocenters. The van der Waals surface area contributed by atoms with Crippen molar-refractivity contribution < 1.29 is 35.9 Å². The van der Waals surface area contributed by atoms with Crippen molar-refractivity contribution in [2.75, 3.05) is 19.7 Å². The van der Waals surface area contributed by atoms with E-state index in [0.29, 0.717) is 12.1 Å². The van der Waals surface area contributed by atoms with Crippen molar-refractivity contribution in [3.63, 3.8) is 0 Å². The Hall–Kier alpha value is -1.77. The fraction of sp³-hybridized carbons (Fsp3) is 0.500. The Balaban J connectivity index is 2.42. The minimum absolute atomic E-state index is 0.00127. The number of morpholine rings is 1. The first-order chi connectivity index (χ1) is 10.5. The van der Waals surface area contributed by atoms with Crippen molar-refractivity contribution in [1.29, 1.82) is 0 Å². The van der Waals surface area contributed by atoms with Crippen LogP contribution in [0.3, 0.4) is 0 Å². The molecule has 0 radical (unpaired) electrons. The van der Waals surface area contributed by atoms with Gasteiger partial charge in [0.25, 0.3) is 5.91 Å². The van der Waals surface area contributed by atoms with Gasteiger partial charge in [-0.1, -0.05) is 0 Å². The molecule has 1 saturated heterocycles. The summed E-state index contributed by atoms with van der Waals surface area (Å²) in [5, 5.41) is 0. The van der Waals surface area contributed by atoms with E-state index in [2.05, 4.69) is 0 Å². The monoisotopic (exact) mass is 341 g/mol. The molecule has 0 aliphatic carbocycles. The van der Waals surface area contributed by atoms with E-state index in [9.17, 15) is 31.1 Å². The van der Waals surface area contributed by atoms with E-state index in [1.54, 1.807) is 6.92 Å². The number of hydrogen-bond acceptors (Lipinski definition) is 2. The number of amides is 1. The summed E-state index contributed by atoms with van der Waals surface area (Å²) in [5.41, 5.74) is -3.64. The molecule has 2 rings (SSSR count). The fourth-order valence-electron chi connectivity index (χ4n) is 2.26. The molecule has 1 aromatic rings. The zero-order valence-corrected chi connectivity index (χ0v) is 12.0. The van der Waals surface area contributed by atoms with E-state index in [0.717, 1.165) is 0 Å². The minimum Gasteiger partial charge on any atom is -0.375 e. The van der Waals surface area contributed by atoms with Crippen LogP contribution in [0.5, 0.6) is 0 Å². The number of carbonyl (C=O) groups is 1. The minimum atomic E-state index is -4.98. The van der Waals surface area contributed by atoms with Crippen LogP contribution in [0.1, 0.15) is 28.4 Å². The lowest BCUT2D eigenvalue weighted by Gasteiger charge is -2.31. The fourth-order valence-corrected chi connectivity index (χ4v) is 2.26. The second-order valence-corrected chi connectivity index (χ2v) is 5.23. The lowest BCUT2D eigenvalue weighted by Crippen LogP contribution is -2.44. The second kappa shape index (κ2) is 6.03. The number of carbonyl (C=O) groups excluding carboxylic acids is 1. The van der Waals surface area contributed by atoms with E-state index in [-0.39, 0.29) is 31.9 Å². The molecule has 9 heteroatoms. The quantitative estimate of drug-likeness (QED) is 0.731. The van der Waals surface area contributed by atoms with Gasteiger partial charge in [-0.25, -0.2) is 0 Å². The van der Waals surface area contributed by atoms with Crippen molar-refractivity contribution in [1.82, 2.24) is 4.90 Å². The Morgan fingerprint density at radius 3 is 2.04 bits per heavy atom. The van der Waals surface area contributed by atoms with Gasteiger partial charge in [0, 0.05) is 18.7 Å². The summed E-state index contributed by atoms with van der Waals surface area (Å²) in [6.45, 7) is 2.06. The molecule has 0 N–H and O–H groups in total. The average molecular weight is 341 g/mol. The van der Waals surface area contributed by atoms with Gasteiger partial charge in [0.05, 0.1) is 23.8 Å². The van der Waals surface area contributed by atoms with Crippen LogP contribution < -0.4 is 0 Å². The summed E-state index contributed by atoms with van der Waals surface area (Å²) in [5.74, 6) is -0.878. The van der Waals surface area contributed by atoms with Crippen molar-refractivity contribution >= 4 is 5.91 Å². The summed E-state index contributed by atoms with van der Waals surface area (Å²) >= 11 is 0. The first-order valence-corrected chi connectivity index (χ1v) is 6.69. The zero-order valence-electron chi connectivity index (χ0n) is 12.0. The van der Waals surface area contributed by atoms with Gasteiger partial charge in [0.2, 0.25) is 0 Å². The highest BCUT2D eigenvalue weighted by molar-refractivity contribution is 5.94. The van der Waals surface area contributed by atoms with Crippen LogP contribution in [-0.2, 0) is 17.1 Å². The maximum absolute atomic E-state index is 12.8. The average Bonchev–Trinajstić information content (AvgIpc) is 2.44. The highest BCUT2D eigenvalue weighted by Crippen LogP contribution is 2.36. The Labute approximate surface area is 127 Å². The van der Waals surface area contributed by atoms with Gasteiger partial charge in [-0.15, -0.1) is 0 Å². The van der Waals surface area contributed by atoms with Gasteiger partial charge in [-0.05, 0) is 25.1 Å². The van der Waals surface area contributed by atoms with E-state index in [1.807, 2.05) is 0 Å². The Kier molecular flexibility index (Phi) is 4.61. The van der Waals surface area contributed by atoms with Crippen molar-refractivity contribution in [3.8, 4) is 0 Å². The first-order valence-electron chi connectivity index (χ1n) is 6.69. The van der Waals surface area contributed by atoms with Crippen molar-refractivity contribution in [2.24, 2.45) is 0 Å². The van der Waals surface area contributed by atoms with Gasteiger partial charge in [0.1, 0.15) is 0 Å². The number of ether oxygens (including phenoxy) is 1. The Morgan fingerprint density at radius 1 is 1.09 bits per heavy atom. The molecule has 1 amide bonds. The van der Waals surface area contributed by atoms with Gasteiger partial charge in [-0.3, -0.25) is 4.79 Å². The number of rotatable bonds is 1. The predicted octanol–water partition coefficient (Wildman–Crippen LogP) is 3.59. The highest BCUT2D eigenvalue weighted by Gasteiger charge is 2.38. The van der Waals surface area contributed by atoms with Crippen LogP contribution >= 0.6 is 0 Å². The molecule has 1 atom stereocenters. The third-order valence-corrected chi connectivity index (χ3v) is 3.36. The number of benzene rings is 1. The number of halogens is 6. The van der Waals surface area contributed by atoms with E-state index >= 15 is 0 Å². The Bertz CT molecular complexity index is 564. The van der Waals surface area contributed by atoms with Gasteiger partial charge >= 0.3 is 12.4 Å². The zero-order chi connectivity index (χ0) is 17.4. The van der Waals surface area contributed by atoms with Crippen LogP contribution in [0.25, 0.3) is 0 Å². The smallest absolute Gasteiger partial charge is 0.375 e. The standard InChI is InChI=1S/C14H13F6NO2/c1-8-7-21(2-3-23-8)12(22)9-4-10(13(15,16)17)6-11(5-9)14(18,19)20/h4-6,8H,2-3,7H2,1H3/t8-/m1/s1. The molecule has 1 aliphatic rings. The molecule has 1 heterocycles. The van der Waals surface area contributed by atoms with Crippen LogP contribution in [0.2, 0.25) is 0 Å². The SMILES string of the molecule is C[C@@H]1CN(C(=O)c2cc(C(F)(F)F)cc(C(F)(F)F)c2)CCO1. The summed E-state index contributed by atoms with van der Waals surface area (Å²) in [6, 6.07) is 0.883. The van der Waals surface area contributed by atoms with Gasteiger partial charge in [-0.2, -0.15) is 26.3 Å². The number of nitrogens with zero attached hydrogens (tertiary/aromatic N) is 1. The maximum atomic E-state index is 12.8. The molecule has 1 fully saturated rings. The lowest BCUT2D eigenvalue weighted by atomic mass is 10.0. The Morgan fingerprint density at radius 2 is 1.61 bits per heavy atom. The number of alkyl halides is 6. The molecular weight excluding hydrogens is 328 g/mol. The maximum Gasteiger partial charge on any atom is 0.416 e. The summed E-state index contributed by atoms with van der Waals surface area (Å²) in [6.07, 6.45) is -10.3. The molecule has 0 spiro atoms. The molecule has 3 nitrogen and oxygen atoms in total.